The van der Waals surface area contributed by atoms with E-state index in [1.165, 1.54) is 0 Å². The Labute approximate surface area is 110 Å². The first-order valence-electron chi connectivity index (χ1n) is 5.83. The first kappa shape index (κ1) is 12.9. The number of carboxylic acids is 1. The van der Waals surface area contributed by atoms with Crippen LogP contribution in [0.15, 0.2) is 18.2 Å². The molecular formula is C13H14ClNO3. The van der Waals surface area contributed by atoms with Crippen LogP contribution in [0.5, 0.6) is 0 Å². The zero-order valence-corrected chi connectivity index (χ0v) is 10.8. The molecule has 5 heteroatoms. The van der Waals surface area contributed by atoms with Crippen LogP contribution >= 0.6 is 11.6 Å². The zero-order chi connectivity index (χ0) is 13.3. The average Bonchev–Trinajstić information content (AvgIpc) is 2.74. The maximum atomic E-state index is 11.6. The van der Waals surface area contributed by atoms with Crippen molar-refractivity contribution in [3.63, 3.8) is 0 Å². The summed E-state index contributed by atoms with van der Waals surface area (Å²) in [7, 11) is 0. The maximum absolute atomic E-state index is 11.6. The SMILES string of the molecule is CC(C(=O)O)c1ccc(N2CCCC2=O)cc1Cl. The summed E-state index contributed by atoms with van der Waals surface area (Å²) in [6.07, 6.45) is 1.41. The third-order valence-corrected chi connectivity index (χ3v) is 3.53. The van der Waals surface area contributed by atoms with E-state index in [4.69, 9.17) is 16.7 Å². The van der Waals surface area contributed by atoms with Gasteiger partial charge >= 0.3 is 5.97 Å². The summed E-state index contributed by atoms with van der Waals surface area (Å²) in [6, 6.07) is 5.10. The lowest BCUT2D eigenvalue weighted by atomic mass is 10.0. The molecule has 2 rings (SSSR count). The van der Waals surface area contributed by atoms with E-state index in [2.05, 4.69) is 0 Å². The van der Waals surface area contributed by atoms with E-state index < -0.39 is 11.9 Å². The Morgan fingerprint density at radius 3 is 2.72 bits per heavy atom. The number of benzene rings is 1. The first-order valence-corrected chi connectivity index (χ1v) is 6.21. The lowest BCUT2D eigenvalue weighted by Crippen LogP contribution is -2.23. The van der Waals surface area contributed by atoms with Crippen molar-refractivity contribution >= 4 is 29.2 Å². The average molecular weight is 268 g/mol. The van der Waals surface area contributed by atoms with Crippen LogP contribution in [0.2, 0.25) is 5.02 Å². The van der Waals surface area contributed by atoms with E-state index >= 15 is 0 Å². The van der Waals surface area contributed by atoms with Gasteiger partial charge in [0, 0.05) is 23.7 Å². The van der Waals surface area contributed by atoms with Crippen LogP contribution in [-0.2, 0) is 9.59 Å². The minimum atomic E-state index is -0.915. The Kier molecular flexibility index (Phi) is 3.57. The third-order valence-electron chi connectivity index (χ3n) is 3.21. The number of carbonyl (C=O) groups excluding carboxylic acids is 1. The monoisotopic (exact) mass is 267 g/mol. The molecule has 1 aliphatic heterocycles. The van der Waals surface area contributed by atoms with Gasteiger partial charge in [0.2, 0.25) is 5.91 Å². The fourth-order valence-corrected chi connectivity index (χ4v) is 2.43. The number of hydrogen-bond donors (Lipinski definition) is 1. The molecule has 1 unspecified atom stereocenters. The van der Waals surface area contributed by atoms with Crippen molar-refractivity contribution in [2.75, 3.05) is 11.4 Å². The van der Waals surface area contributed by atoms with E-state index in [1.807, 2.05) is 0 Å². The lowest BCUT2D eigenvalue weighted by molar-refractivity contribution is -0.138. The molecule has 96 valence electrons. The van der Waals surface area contributed by atoms with Crippen molar-refractivity contribution in [1.82, 2.24) is 0 Å². The highest BCUT2D eigenvalue weighted by atomic mass is 35.5. The van der Waals surface area contributed by atoms with Crippen LogP contribution < -0.4 is 4.90 Å². The van der Waals surface area contributed by atoms with E-state index in [-0.39, 0.29) is 5.91 Å². The highest BCUT2D eigenvalue weighted by Gasteiger charge is 2.23. The molecule has 1 atom stereocenters. The second-order valence-corrected chi connectivity index (χ2v) is 4.82. The Morgan fingerprint density at radius 1 is 1.50 bits per heavy atom. The number of anilines is 1. The van der Waals surface area contributed by atoms with E-state index in [1.54, 1.807) is 30.0 Å². The molecule has 1 amide bonds. The van der Waals surface area contributed by atoms with Crippen LogP contribution in [0.4, 0.5) is 5.69 Å². The predicted molar refractivity (Wildman–Crippen MR) is 69.1 cm³/mol. The zero-order valence-electron chi connectivity index (χ0n) is 10.0. The molecule has 4 nitrogen and oxygen atoms in total. The summed E-state index contributed by atoms with van der Waals surface area (Å²) >= 11 is 6.09. The van der Waals surface area contributed by atoms with E-state index in [0.717, 1.165) is 12.1 Å². The minimum Gasteiger partial charge on any atom is -0.481 e. The van der Waals surface area contributed by atoms with Gasteiger partial charge in [-0.05, 0) is 31.0 Å². The summed E-state index contributed by atoms with van der Waals surface area (Å²) in [5.41, 5.74) is 1.31. The van der Waals surface area contributed by atoms with E-state index in [9.17, 15) is 9.59 Å². The number of amides is 1. The summed E-state index contributed by atoms with van der Waals surface area (Å²) in [5.74, 6) is -1.48. The Hall–Kier alpha value is -1.55. The third kappa shape index (κ3) is 2.34. The fourth-order valence-electron chi connectivity index (χ4n) is 2.09. The van der Waals surface area contributed by atoms with Crippen LogP contribution in [-0.4, -0.2) is 23.5 Å². The van der Waals surface area contributed by atoms with Gasteiger partial charge in [-0.1, -0.05) is 17.7 Å². The van der Waals surface area contributed by atoms with Gasteiger partial charge in [-0.2, -0.15) is 0 Å². The summed E-state index contributed by atoms with van der Waals surface area (Å²) < 4.78 is 0. The molecule has 1 aromatic rings. The van der Waals surface area contributed by atoms with Crippen molar-refractivity contribution in [3.8, 4) is 0 Å². The summed E-state index contributed by atoms with van der Waals surface area (Å²) in [6.45, 7) is 2.28. The standard InChI is InChI=1S/C13H14ClNO3/c1-8(13(17)18)10-5-4-9(7-11(10)14)15-6-2-3-12(15)16/h4-5,7-8H,2-3,6H2,1H3,(H,17,18). The minimum absolute atomic E-state index is 0.0881. The number of carbonyl (C=O) groups is 2. The molecule has 1 aromatic carbocycles. The molecule has 1 heterocycles. The van der Waals surface area contributed by atoms with Gasteiger partial charge in [0.15, 0.2) is 0 Å². The molecule has 0 saturated carbocycles. The molecular weight excluding hydrogens is 254 g/mol. The number of halogens is 1. The molecule has 0 aliphatic carbocycles. The molecule has 0 radical (unpaired) electrons. The Bertz CT molecular complexity index is 501. The first-order chi connectivity index (χ1) is 8.50. The normalized spacial score (nSPS) is 17.0. The predicted octanol–water partition coefficient (Wildman–Crippen LogP) is 2.65. The van der Waals surface area contributed by atoms with Gasteiger partial charge in [0.05, 0.1) is 5.92 Å². The number of carboxylic acid groups (broad SMARTS) is 1. The Morgan fingerprint density at radius 2 is 2.22 bits per heavy atom. The van der Waals surface area contributed by atoms with Crippen molar-refractivity contribution in [3.05, 3.63) is 28.8 Å². The number of aliphatic carboxylic acids is 1. The van der Waals surface area contributed by atoms with Gasteiger partial charge in [-0.25, -0.2) is 0 Å². The van der Waals surface area contributed by atoms with Crippen molar-refractivity contribution in [1.29, 1.82) is 0 Å². The van der Waals surface area contributed by atoms with Crippen molar-refractivity contribution in [2.24, 2.45) is 0 Å². The molecule has 18 heavy (non-hydrogen) atoms. The smallest absolute Gasteiger partial charge is 0.310 e. The molecule has 0 bridgehead atoms. The molecule has 1 N–H and O–H groups in total. The van der Waals surface area contributed by atoms with Gasteiger partial charge in [-0.3, -0.25) is 9.59 Å². The lowest BCUT2D eigenvalue weighted by Gasteiger charge is -2.18. The topological polar surface area (TPSA) is 57.6 Å². The highest BCUT2D eigenvalue weighted by Crippen LogP contribution is 2.30. The summed E-state index contributed by atoms with van der Waals surface area (Å²) in [5, 5.41) is 9.35. The van der Waals surface area contributed by atoms with Gasteiger partial charge in [0.1, 0.15) is 0 Å². The number of nitrogens with zero attached hydrogens (tertiary/aromatic N) is 1. The number of hydrogen-bond acceptors (Lipinski definition) is 2. The van der Waals surface area contributed by atoms with Gasteiger partial charge in [0.25, 0.3) is 0 Å². The highest BCUT2D eigenvalue weighted by molar-refractivity contribution is 6.32. The van der Waals surface area contributed by atoms with Crippen LogP contribution in [0.1, 0.15) is 31.2 Å². The van der Waals surface area contributed by atoms with Crippen LogP contribution in [0, 0.1) is 0 Å². The van der Waals surface area contributed by atoms with Gasteiger partial charge in [-0.15, -0.1) is 0 Å². The fraction of sp³-hybridized carbons (Fsp3) is 0.385. The Balaban J connectivity index is 2.30. The summed E-state index contributed by atoms with van der Waals surface area (Å²) in [4.78, 5) is 24.2. The molecule has 0 aromatic heterocycles. The molecule has 1 fully saturated rings. The molecule has 1 saturated heterocycles. The number of rotatable bonds is 3. The largest absolute Gasteiger partial charge is 0.481 e. The molecule has 0 spiro atoms. The van der Waals surface area contributed by atoms with Crippen molar-refractivity contribution < 1.29 is 14.7 Å². The quantitative estimate of drug-likeness (QED) is 0.916. The van der Waals surface area contributed by atoms with Gasteiger partial charge < -0.3 is 10.0 Å². The second-order valence-electron chi connectivity index (χ2n) is 4.41. The van der Waals surface area contributed by atoms with E-state index in [0.29, 0.717) is 23.6 Å². The van der Waals surface area contributed by atoms with Crippen LogP contribution in [0.25, 0.3) is 0 Å². The maximum Gasteiger partial charge on any atom is 0.310 e. The van der Waals surface area contributed by atoms with Crippen LogP contribution in [0.3, 0.4) is 0 Å². The molecule has 1 aliphatic rings. The second kappa shape index (κ2) is 4.98. The van der Waals surface area contributed by atoms with Crippen molar-refractivity contribution in [2.45, 2.75) is 25.7 Å².